The predicted octanol–water partition coefficient (Wildman–Crippen LogP) is 4.21. The van der Waals surface area contributed by atoms with E-state index in [1.54, 1.807) is 4.90 Å². The summed E-state index contributed by atoms with van der Waals surface area (Å²) in [5.41, 5.74) is 4.66. The van der Waals surface area contributed by atoms with E-state index in [9.17, 15) is 4.79 Å². The van der Waals surface area contributed by atoms with E-state index in [4.69, 9.17) is 0 Å². The first-order chi connectivity index (χ1) is 10.1. The number of rotatable bonds is 3. The number of carbonyl (C=O) groups is 1. The van der Waals surface area contributed by atoms with Crippen LogP contribution in [0.5, 0.6) is 0 Å². The first kappa shape index (κ1) is 14.3. The highest BCUT2D eigenvalue weighted by atomic mass is 79.9. The molecule has 1 aliphatic rings. The van der Waals surface area contributed by atoms with Crippen LogP contribution in [-0.2, 0) is 19.4 Å². The molecule has 0 unspecified atom stereocenters. The standard InChI is InChI=1S/C18H18BrNO/c1-20(12-16-5-2-3-8-17(16)19)18(21)15-10-9-13-6-4-7-14(13)11-15/h2-3,5,8-11H,4,6-7,12H2,1H3. The molecular weight excluding hydrogens is 326 g/mol. The second kappa shape index (κ2) is 6.02. The molecule has 21 heavy (non-hydrogen) atoms. The maximum atomic E-state index is 12.6. The minimum Gasteiger partial charge on any atom is -0.337 e. The van der Waals surface area contributed by atoms with Gasteiger partial charge in [-0.25, -0.2) is 0 Å². The molecule has 0 bridgehead atoms. The molecule has 2 aromatic carbocycles. The zero-order valence-corrected chi connectivity index (χ0v) is 13.7. The minimum atomic E-state index is 0.0838. The van der Waals surface area contributed by atoms with E-state index < -0.39 is 0 Å². The maximum absolute atomic E-state index is 12.6. The summed E-state index contributed by atoms with van der Waals surface area (Å²) in [5.74, 6) is 0.0838. The van der Waals surface area contributed by atoms with Gasteiger partial charge in [-0.2, -0.15) is 0 Å². The normalized spacial score (nSPS) is 13.0. The molecule has 2 nitrogen and oxygen atoms in total. The Morgan fingerprint density at radius 2 is 1.90 bits per heavy atom. The molecule has 0 spiro atoms. The molecule has 1 amide bonds. The Kier molecular flexibility index (Phi) is 4.11. The summed E-state index contributed by atoms with van der Waals surface area (Å²) in [6.07, 6.45) is 3.46. The van der Waals surface area contributed by atoms with Gasteiger partial charge in [0.2, 0.25) is 0 Å². The fourth-order valence-corrected chi connectivity index (χ4v) is 3.29. The van der Waals surface area contributed by atoms with Crippen LogP contribution in [0.1, 0.15) is 33.5 Å². The van der Waals surface area contributed by atoms with Crippen LogP contribution in [-0.4, -0.2) is 17.9 Å². The van der Waals surface area contributed by atoms with E-state index in [1.807, 2.05) is 37.4 Å². The van der Waals surface area contributed by atoms with E-state index >= 15 is 0 Å². The van der Waals surface area contributed by atoms with Gasteiger partial charge in [-0.05, 0) is 54.2 Å². The largest absolute Gasteiger partial charge is 0.337 e. The zero-order valence-electron chi connectivity index (χ0n) is 12.1. The van der Waals surface area contributed by atoms with Gasteiger partial charge < -0.3 is 4.90 Å². The molecular formula is C18H18BrNO. The highest BCUT2D eigenvalue weighted by Gasteiger charge is 2.17. The second-order valence-electron chi connectivity index (χ2n) is 5.59. The summed E-state index contributed by atoms with van der Waals surface area (Å²) in [6, 6.07) is 14.2. The van der Waals surface area contributed by atoms with Crippen LogP contribution in [0, 0.1) is 0 Å². The molecule has 2 aromatic rings. The minimum absolute atomic E-state index is 0.0838. The number of hydrogen-bond acceptors (Lipinski definition) is 1. The van der Waals surface area contributed by atoms with Crippen molar-refractivity contribution in [3.63, 3.8) is 0 Å². The first-order valence-electron chi connectivity index (χ1n) is 7.26. The Bertz CT molecular complexity index is 681. The smallest absolute Gasteiger partial charge is 0.253 e. The van der Waals surface area contributed by atoms with Crippen LogP contribution < -0.4 is 0 Å². The van der Waals surface area contributed by atoms with E-state index in [0.29, 0.717) is 6.54 Å². The lowest BCUT2D eigenvalue weighted by Crippen LogP contribution is -2.26. The summed E-state index contributed by atoms with van der Waals surface area (Å²) in [6.45, 7) is 0.608. The Balaban J connectivity index is 1.77. The van der Waals surface area contributed by atoms with Gasteiger partial charge in [0.1, 0.15) is 0 Å². The van der Waals surface area contributed by atoms with Gasteiger partial charge in [-0.1, -0.05) is 40.2 Å². The number of carbonyl (C=O) groups excluding carboxylic acids is 1. The summed E-state index contributed by atoms with van der Waals surface area (Å²) in [5, 5.41) is 0. The van der Waals surface area contributed by atoms with Gasteiger partial charge in [-0.3, -0.25) is 4.79 Å². The fraction of sp³-hybridized carbons (Fsp3) is 0.278. The van der Waals surface area contributed by atoms with Crippen LogP contribution >= 0.6 is 15.9 Å². The molecule has 1 aliphatic carbocycles. The molecule has 3 heteroatoms. The van der Waals surface area contributed by atoms with Crippen molar-refractivity contribution < 1.29 is 4.79 Å². The average Bonchev–Trinajstić information content (AvgIpc) is 2.96. The van der Waals surface area contributed by atoms with Crippen molar-refractivity contribution in [1.82, 2.24) is 4.90 Å². The first-order valence-corrected chi connectivity index (χ1v) is 8.05. The molecule has 0 heterocycles. The highest BCUT2D eigenvalue weighted by molar-refractivity contribution is 9.10. The van der Waals surface area contributed by atoms with E-state index in [0.717, 1.165) is 28.4 Å². The third kappa shape index (κ3) is 3.03. The summed E-state index contributed by atoms with van der Waals surface area (Å²) < 4.78 is 1.04. The van der Waals surface area contributed by atoms with E-state index in [1.165, 1.54) is 17.5 Å². The summed E-state index contributed by atoms with van der Waals surface area (Å²) >= 11 is 3.53. The van der Waals surface area contributed by atoms with Crippen molar-refractivity contribution in [1.29, 1.82) is 0 Å². The summed E-state index contributed by atoms with van der Waals surface area (Å²) in [4.78, 5) is 14.3. The van der Waals surface area contributed by atoms with Gasteiger partial charge in [-0.15, -0.1) is 0 Å². The quantitative estimate of drug-likeness (QED) is 0.817. The molecule has 0 N–H and O–H groups in total. The lowest BCUT2D eigenvalue weighted by Gasteiger charge is -2.18. The summed E-state index contributed by atoms with van der Waals surface area (Å²) in [7, 11) is 1.86. The molecule has 0 aromatic heterocycles. The zero-order chi connectivity index (χ0) is 14.8. The molecule has 0 saturated heterocycles. The van der Waals surface area contributed by atoms with Crippen LogP contribution in [0.4, 0.5) is 0 Å². The van der Waals surface area contributed by atoms with Crippen molar-refractivity contribution >= 4 is 21.8 Å². The second-order valence-corrected chi connectivity index (χ2v) is 6.44. The van der Waals surface area contributed by atoms with Crippen molar-refractivity contribution in [2.45, 2.75) is 25.8 Å². The topological polar surface area (TPSA) is 20.3 Å². The SMILES string of the molecule is CN(Cc1ccccc1Br)C(=O)c1ccc2c(c1)CCC2. The lowest BCUT2D eigenvalue weighted by molar-refractivity contribution is 0.0785. The van der Waals surface area contributed by atoms with Crippen molar-refractivity contribution in [2.24, 2.45) is 0 Å². The number of aryl methyl sites for hydroxylation is 2. The molecule has 3 rings (SSSR count). The van der Waals surface area contributed by atoms with Crippen molar-refractivity contribution in [2.75, 3.05) is 7.05 Å². The van der Waals surface area contributed by atoms with Gasteiger partial charge in [0.15, 0.2) is 0 Å². The number of nitrogens with zero attached hydrogens (tertiary/aromatic N) is 1. The molecule has 0 atom stereocenters. The predicted molar refractivity (Wildman–Crippen MR) is 88.4 cm³/mol. The molecule has 108 valence electrons. The Hall–Kier alpha value is -1.61. The Morgan fingerprint density at radius 1 is 1.14 bits per heavy atom. The highest BCUT2D eigenvalue weighted by Crippen LogP contribution is 2.24. The molecule has 0 radical (unpaired) electrons. The fourth-order valence-electron chi connectivity index (χ4n) is 2.88. The van der Waals surface area contributed by atoms with Crippen LogP contribution in [0.25, 0.3) is 0 Å². The number of halogens is 1. The number of fused-ring (bicyclic) bond motifs is 1. The van der Waals surface area contributed by atoms with Crippen LogP contribution in [0.15, 0.2) is 46.9 Å². The molecule has 0 aliphatic heterocycles. The van der Waals surface area contributed by atoms with Crippen LogP contribution in [0.3, 0.4) is 0 Å². The molecule has 0 saturated carbocycles. The van der Waals surface area contributed by atoms with Gasteiger partial charge >= 0.3 is 0 Å². The van der Waals surface area contributed by atoms with Gasteiger partial charge in [0.25, 0.3) is 5.91 Å². The average molecular weight is 344 g/mol. The Morgan fingerprint density at radius 3 is 2.71 bits per heavy atom. The van der Waals surface area contributed by atoms with Crippen molar-refractivity contribution in [3.05, 3.63) is 69.2 Å². The van der Waals surface area contributed by atoms with Crippen molar-refractivity contribution in [3.8, 4) is 0 Å². The van der Waals surface area contributed by atoms with E-state index in [2.05, 4.69) is 28.1 Å². The van der Waals surface area contributed by atoms with Crippen LogP contribution in [0.2, 0.25) is 0 Å². The number of benzene rings is 2. The maximum Gasteiger partial charge on any atom is 0.253 e. The number of hydrogen-bond donors (Lipinski definition) is 0. The van der Waals surface area contributed by atoms with E-state index in [-0.39, 0.29) is 5.91 Å². The van der Waals surface area contributed by atoms with Gasteiger partial charge in [0.05, 0.1) is 0 Å². The third-order valence-corrected chi connectivity index (χ3v) is 4.83. The lowest BCUT2D eigenvalue weighted by atomic mass is 10.1. The molecule has 0 fully saturated rings. The Labute approximate surface area is 133 Å². The number of amides is 1. The monoisotopic (exact) mass is 343 g/mol. The van der Waals surface area contributed by atoms with Gasteiger partial charge in [0, 0.05) is 23.6 Å². The third-order valence-electron chi connectivity index (χ3n) is 4.06.